The predicted molar refractivity (Wildman–Crippen MR) is 83.2 cm³/mol. The SMILES string of the molecule is CNC(CSc1ccc(C)c(C)c1)(C(=O)OC)C1CC1. The predicted octanol–water partition coefficient (Wildman–Crippen LogP) is 2.94. The van der Waals surface area contributed by atoms with Crippen molar-refractivity contribution in [3.8, 4) is 0 Å². The molecule has 110 valence electrons. The van der Waals surface area contributed by atoms with E-state index in [2.05, 4.69) is 37.4 Å². The van der Waals surface area contributed by atoms with E-state index in [1.165, 1.54) is 23.1 Å². The Balaban J connectivity index is 2.12. The molecule has 1 N–H and O–H groups in total. The van der Waals surface area contributed by atoms with Crippen molar-refractivity contribution in [2.24, 2.45) is 5.92 Å². The molecule has 1 aliphatic carbocycles. The van der Waals surface area contributed by atoms with E-state index in [1.54, 1.807) is 11.8 Å². The summed E-state index contributed by atoms with van der Waals surface area (Å²) >= 11 is 1.72. The molecule has 1 fully saturated rings. The minimum atomic E-state index is -0.543. The van der Waals surface area contributed by atoms with Crippen LogP contribution < -0.4 is 5.32 Å². The van der Waals surface area contributed by atoms with Crippen molar-refractivity contribution < 1.29 is 9.53 Å². The van der Waals surface area contributed by atoms with Gasteiger partial charge in [-0.3, -0.25) is 4.79 Å². The van der Waals surface area contributed by atoms with Crippen molar-refractivity contribution in [2.45, 2.75) is 37.1 Å². The zero-order chi connectivity index (χ0) is 14.8. The van der Waals surface area contributed by atoms with Gasteiger partial charge < -0.3 is 10.1 Å². The Morgan fingerprint density at radius 1 is 1.40 bits per heavy atom. The lowest BCUT2D eigenvalue weighted by atomic mass is 9.96. The van der Waals surface area contributed by atoms with Crippen molar-refractivity contribution in [3.63, 3.8) is 0 Å². The zero-order valence-electron chi connectivity index (χ0n) is 12.7. The molecule has 0 bridgehead atoms. The summed E-state index contributed by atoms with van der Waals surface area (Å²) in [6.07, 6.45) is 2.20. The van der Waals surface area contributed by atoms with Gasteiger partial charge in [0, 0.05) is 10.6 Å². The first-order valence-corrected chi connectivity index (χ1v) is 7.99. The van der Waals surface area contributed by atoms with Crippen molar-refractivity contribution >= 4 is 17.7 Å². The maximum absolute atomic E-state index is 12.2. The molecule has 0 aliphatic heterocycles. The lowest BCUT2D eigenvalue weighted by molar-refractivity contribution is -0.148. The molecule has 1 atom stereocenters. The summed E-state index contributed by atoms with van der Waals surface area (Å²) in [5.74, 6) is 0.974. The van der Waals surface area contributed by atoms with Crippen LogP contribution in [0.4, 0.5) is 0 Å². The average Bonchev–Trinajstić information content (AvgIpc) is 3.28. The maximum atomic E-state index is 12.2. The van der Waals surface area contributed by atoms with E-state index in [9.17, 15) is 4.79 Å². The lowest BCUT2D eigenvalue weighted by Crippen LogP contribution is -2.55. The fraction of sp³-hybridized carbons (Fsp3) is 0.562. The lowest BCUT2D eigenvalue weighted by Gasteiger charge is -2.30. The molecule has 0 heterocycles. The van der Waals surface area contributed by atoms with Gasteiger partial charge in [-0.15, -0.1) is 11.8 Å². The second kappa shape index (κ2) is 6.19. The number of carbonyl (C=O) groups is 1. The minimum Gasteiger partial charge on any atom is -0.468 e. The zero-order valence-corrected chi connectivity index (χ0v) is 13.5. The Morgan fingerprint density at radius 2 is 2.10 bits per heavy atom. The van der Waals surface area contributed by atoms with E-state index in [0.717, 1.165) is 12.8 Å². The van der Waals surface area contributed by atoms with Crippen LogP contribution in [-0.4, -0.2) is 31.4 Å². The Morgan fingerprint density at radius 3 is 2.60 bits per heavy atom. The summed E-state index contributed by atoms with van der Waals surface area (Å²) < 4.78 is 5.02. The topological polar surface area (TPSA) is 38.3 Å². The molecule has 1 aliphatic rings. The van der Waals surface area contributed by atoms with E-state index in [0.29, 0.717) is 11.7 Å². The van der Waals surface area contributed by atoms with Gasteiger partial charge in [0.25, 0.3) is 0 Å². The number of hydrogen-bond donors (Lipinski definition) is 1. The number of aryl methyl sites for hydroxylation is 2. The second-order valence-corrected chi connectivity index (χ2v) is 6.57. The Bertz CT molecular complexity index is 499. The van der Waals surface area contributed by atoms with Crippen molar-refractivity contribution in [2.75, 3.05) is 19.9 Å². The van der Waals surface area contributed by atoms with E-state index in [-0.39, 0.29) is 5.97 Å². The maximum Gasteiger partial charge on any atom is 0.327 e. The highest BCUT2D eigenvalue weighted by Gasteiger charge is 2.50. The number of rotatable bonds is 6. The molecule has 1 aromatic carbocycles. The van der Waals surface area contributed by atoms with E-state index in [4.69, 9.17) is 4.74 Å². The van der Waals surface area contributed by atoms with Crippen LogP contribution in [0.3, 0.4) is 0 Å². The van der Waals surface area contributed by atoms with Crippen LogP contribution >= 0.6 is 11.8 Å². The highest BCUT2D eigenvalue weighted by Crippen LogP contribution is 2.43. The Labute approximate surface area is 125 Å². The van der Waals surface area contributed by atoms with Gasteiger partial charge in [-0.2, -0.15) is 0 Å². The summed E-state index contributed by atoms with van der Waals surface area (Å²) in [6.45, 7) is 4.23. The summed E-state index contributed by atoms with van der Waals surface area (Å²) in [4.78, 5) is 13.4. The minimum absolute atomic E-state index is 0.140. The quantitative estimate of drug-likeness (QED) is 0.646. The van der Waals surface area contributed by atoms with E-state index in [1.807, 2.05) is 7.05 Å². The molecule has 0 radical (unpaired) electrons. The number of methoxy groups -OCH3 is 1. The third-order valence-corrected chi connectivity index (χ3v) is 5.40. The summed E-state index contributed by atoms with van der Waals surface area (Å²) in [5, 5.41) is 3.23. The third-order valence-electron chi connectivity index (χ3n) is 4.21. The number of nitrogens with one attached hydrogen (secondary N) is 1. The number of hydrogen-bond acceptors (Lipinski definition) is 4. The van der Waals surface area contributed by atoms with Crippen LogP contribution in [0.5, 0.6) is 0 Å². The van der Waals surface area contributed by atoms with Gasteiger partial charge in [-0.1, -0.05) is 6.07 Å². The largest absolute Gasteiger partial charge is 0.468 e. The van der Waals surface area contributed by atoms with Crippen LogP contribution in [0.1, 0.15) is 24.0 Å². The molecule has 0 saturated heterocycles. The molecular formula is C16H23NO2S. The number of esters is 1. The summed E-state index contributed by atoms with van der Waals surface area (Å²) in [6, 6.07) is 6.44. The summed E-state index contributed by atoms with van der Waals surface area (Å²) in [5.41, 5.74) is 2.04. The number of ether oxygens (including phenoxy) is 1. The monoisotopic (exact) mass is 293 g/mol. The molecule has 0 amide bonds. The number of benzene rings is 1. The van der Waals surface area contributed by atoms with Crippen LogP contribution in [0, 0.1) is 19.8 Å². The molecule has 0 aromatic heterocycles. The Kier molecular flexibility index (Phi) is 4.76. The van der Waals surface area contributed by atoms with Crippen molar-refractivity contribution in [1.82, 2.24) is 5.32 Å². The highest BCUT2D eigenvalue weighted by atomic mass is 32.2. The normalized spacial score (nSPS) is 17.6. The fourth-order valence-corrected chi connectivity index (χ4v) is 3.80. The van der Waals surface area contributed by atoms with Gasteiger partial charge in [-0.25, -0.2) is 0 Å². The molecule has 2 rings (SSSR count). The van der Waals surface area contributed by atoms with Crippen LogP contribution in [0.25, 0.3) is 0 Å². The van der Waals surface area contributed by atoms with Gasteiger partial charge in [-0.05, 0) is 62.9 Å². The average molecular weight is 293 g/mol. The fourth-order valence-electron chi connectivity index (χ4n) is 2.48. The molecule has 4 heteroatoms. The van der Waals surface area contributed by atoms with E-state index >= 15 is 0 Å². The van der Waals surface area contributed by atoms with Crippen LogP contribution in [0.2, 0.25) is 0 Å². The van der Waals surface area contributed by atoms with Gasteiger partial charge in [0.15, 0.2) is 0 Å². The summed E-state index contributed by atoms with van der Waals surface area (Å²) in [7, 11) is 3.33. The molecule has 20 heavy (non-hydrogen) atoms. The standard InChI is InChI=1S/C16H23NO2S/c1-11-5-8-14(9-12(11)2)20-10-16(17-3,13-6-7-13)15(18)19-4/h5,8-9,13,17H,6-7,10H2,1-4H3. The molecule has 1 saturated carbocycles. The number of likely N-dealkylation sites (N-methyl/N-ethyl adjacent to an activating group) is 1. The molecular weight excluding hydrogens is 270 g/mol. The molecule has 1 unspecified atom stereocenters. The van der Waals surface area contributed by atoms with Crippen LogP contribution in [0.15, 0.2) is 23.1 Å². The van der Waals surface area contributed by atoms with E-state index < -0.39 is 5.54 Å². The number of carbonyl (C=O) groups excluding carboxylic acids is 1. The molecule has 0 spiro atoms. The van der Waals surface area contributed by atoms with Crippen molar-refractivity contribution in [3.05, 3.63) is 29.3 Å². The van der Waals surface area contributed by atoms with Gasteiger partial charge in [0.2, 0.25) is 0 Å². The van der Waals surface area contributed by atoms with Crippen molar-refractivity contribution in [1.29, 1.82) is 0 Å². The molecule has 3 nitrogen and oxygen atoms in total. The smallest absolute Gasteiger partial charge is 0.327 e. The molecule has 1 aromatic rings. The highest BCUT2D eigenvalue weighted by molar-refractivity contribution is 7.99. The Hall–Kier alpha value is -1.00. The van der Waals surface area contributed by atoms with Gasteiger partial charge >= 0.3 is 5.97 Å². The first kappa shape index (κ1) is 15.4. The second-order valence-electron chi connectivity index (χ2n) is 5.52. The third kappa shape index (κ3) is 3.01. The van der Waals surface area contributed by atoms with Crippen LogP contribution in [-0.2, 0) is 9.53 Å². The first-order valence-electron chi connectivity index (χ1n) is 7.01. The van der Waals surface area contributed by atoms with Gasteiger partial charge in [0.1, 0.15) is 5.54 Å². The first-order chi connectivity index (χ1) is 9.53. The van der Waals surface area contributed by atoms with Gasteiger partial charge in [0.05, 0.1) is 7.11 Å². The number of thioether (sulfide) groups is 1.